The number of nitrogens with zero attached hydrogens (tertiary/aromatic N) is 1. The second-order valence-electron chi connectivity index (χ2n) is 2.18. The molecule has 0 fully saturated rings. The first-order valence-corrected chi connectivity index (χ1v) is 5.47. The van der Waals surface area contributed by atoms with Crippen molar-refractivity contribution in [2.24, 2.45) is 16.0 Å². The first-order valence-electron chi connectivity index (χ1n) is 3.04. The van der Waals surface area contributed by atoms with Crippen LogP contribution in [0.5, 0.6) is 0 Å². The lowest BCUT2D eigenvalue weighted by atomic mass is 10.3. The predicted octanol–water partition coefficient (Wildman–Crippen LogP) is -0.510. The minimum Gasteiger partial charge on any atom is -0.409 e. The summed E-state index contributed by atoms with van der Waals surface area (Å²) in [6.45, 7) is 0. The smallest absolute Gasteiger partial charge is 0.247 e. The fourth-order valence-electron chi connectivity index (χ4n) is 0.658. The molecule has 13 heavy (non-hydrogen) atoms. The first-order chi connectivity index (χ1) is 5.95. The molecule has 5 N–H and O–H groups in total. The highest BCUT2D eigenvalue weighted by atomic mass is 32.2. The van der Waals surface area contributed by atoms with Crippen molar-refractivity contribution in [3.63, 3.8) is 0 Å². The number of amidine groups is 1. The third-order valence-corrected chi connectivity index (χ3v) is 3.65. The average Bonchev–Trinajstić information content (AvgIpc) is 2.50. The molecule has 0 atom stereocenters. The number of sulfonamides is 1. The quantitative estimate of drug-likeness (QED) is 0.269. The van der Waals surface area contributed by atoms with Crippen LogP contribution < -0.4 is 10.9 Å². The lowest BCUT2D eigenvalue weighted by Gasteiger charge is -1.90. The van der Waals surface area contributed by atoms with Gasteiger partial charge in [-0.1, -0.05) is 5.16 Å². The van der Waals surface area contributed by atoms with E-state index in [-0.39, 0.29) is 10.0 Å². The summed E-state index contributed by atoms with van der Waals surface area (Å²) in [5.41, 5.74) is 5.55. The molecule has 0 unspecified atom stereocenters. The van der Waals surface area contributed by atoms with Gasteiger partial charge in [0.25, 0.3) is 0 Å². The summed E-state index contributed by atoms with van der Waals surface area (Å²) < 4.78 is 21.6. The lowest BCUT2D eigenvalue weighted by Crippen LogP contribution is -2.13. The van der Waals surface area contributed by atoms with E-state index in [2.05, 4.69) is 5.16 Å². The van der Waals surface area contributed by atoms with Crippen molar-refractivity contribution in [3.05, 3.63) is 17.0 Å². The van der Waals surface area contributed by atoms with E-state index in [1.54, 1.807) is 0 Å². The topological polar surface area (TPSA) is 119 Å². The summed E-state index contributed by atoms with van der Waals surface area (Å²) in [6.07, 6.45) is 0. The molecule has 1 rings (SSSR count). The maximum absolute atomic E-state index is 10.8. The third-order valence-electron chi connectivity index (χ3n) is 1.26. The zero-order valence-electron chi connectivity index (χ0n) is 6.34. The van der Waals surface area contributed by atoms with Gasteiger partial charge in [-0.15, -0.1) is 11.3 Å². The molecule has 0 spiro atoms. The molecule has 6 nitrogen and oxygen atoms in total. The highest BCUT2D eigenvalue weighted by molar-refractivity contribution is 7.91. The van der Waals surface area contributed by atoms with Crippen LogP contribution in [0.1, 0.15) is 5.56 Å². The Balaban J connectivity index is 3.15. The molecule has 0 aliphatic heterocycles. The van der Waals surface area contributed by atoms with Gasteiger partial charge in [0.2, 0.25) is 10.0 Å². The number of thiophene rings is 1. The van der Waals surface area contributed by atoms with Crippen LogP contribution in [0.2, 0.25) is 0 Å². The molecule has 1 aromatic rings. The molecule has 0 amide bonds. The van der Waals surface area contributed by atoms with E-state index in [1.165, 1.54) is 11.4 Å². The van der Waals surface area contributed by atoms with E-state index >= 15 is 0 Å². The molecule has 1 heterocycles. The van der Waals surface area contributed by atoms with Gasteiger partial charge in [0.1, 0.15) is 4.21 Å². The monoisotopic (exact) mass is 221 g/mol. The van der Waals surface area contributed by atoms with Crippen molar-refractivity contribution in [1.29, 1.82) is 0 Å². The Morgan fingerprint density at radius 1 is 1.62 bits per heavy atom. The Kier molecular flexibility index (Phi) is 2.55. The molecule has 0 saturated carbocycles. The Morgan fingerprint density at radius 2 is 2.23 bits per heavy atom. The zero-order valence-corrected chi connectivity index (χ0v) is 7.97. The number of hydrogen-bond donors (Lipinski definition) is 3. The van der Waals surface area contributed by atoms with Gasteiger partial charge in [0.05, 0.1) is 0 Å². The van der Waals surface area contributed by atoms with Crippen molar-refractivity contribution < 1.29 is 13.6 Å². The van der Waals surface area contributed by atoms with Crippen molar-refractivity contribution in [1.82, 2.24) is 0 Å². The fraction of sp³-hybridized carbons (Fsp3) is 0. The summed E-state index contributed by atoms with van der Waals surface area (Å²) >= 11 is 0.915. The van der Waals surface area contributed by atoms with Gasteiger partial charge < -0.3 is 10.9 Å². The molecule has 0 aromatic carbocycles. The van der Waals surface area contributed by atoms with Gasteiger partial charge in [0.15, 0.2) is 5.84 Å². The summed E-state index contributed by atoms with van der Waals surface area (Å²) in [6, 6.07) is 1.25. The highest BCUT2D eigenvalue weighted by Gasteiger charge is 2.12. The summed E-state index contributed by atoms with van der Waals surface area (Å²) in [7, 11) is -3.70. The van der Waals surface area contributed by atoms with Gasteiger partial charge >= 0.3 is 0 Å². The first kappa shape index (κ1) is 9.96. The fourth-order valence-corrected chi connectivity index (χ4v) is 2.26. The Labute approximate surface area is 78.5 Å². The minimum atomic E-state index is -3.70. The maximum atomic E-state index is 10.8. The van der Waals surface area contributed by atoms with Crippen LogP contribution in [0.4, 0.5) is 0 Å². The number of hydrogen-bond acceptors (Lipinski definition) is 5. The van der Waals surface area contributed by atoms with Gasteiger partial charge in [-0.2, -0.15) is 0 Å². The van der Waals surface area contributed by atoms with Gasteiger partial charge in [-0.05, 0) is 6.07 Å². The molecule has 8 heteroatoms. The molecule has 0 aliphatic rings. The van der Waals surface area contributed by atoms with Gasteiger partial charge in [-0.25, -0.2) is 13.6 Å². The molecule has 0 saturated heterocycles. The summed E-state index contributed by atoms with van der Waals surface area (Å²) in [4.78, 5) is 0. The number of primary sulfonamides is 1. The predicted molar refractivity (Wildman–Crippen MR) is 48.2 cm³/mol. The van der Waals surface area contributed by atoms with Crippen LogP contribution in [-0.4, -0.2) is 19.5 Å². The van der Waals surface area contributed by atoms with Crippen LogP contribution in [0, 0.1) is 0 Å². The number of oxime groups is 1. The molecular weight excluding hydrogens is 214 g/mol. The average molecular weight is 221 g/mol. The Bertz CT molecular complexity index is 434. The zero-order chi connectivity index (χ0) is 10.1. The van der Waals surface area contributed by atoms with Crippen LogP contribution in [0.25, 0.3) is 0 Å². The molecular formula is C5H7N3O3S2. The van der Waals surface area contributed by atoms with Gasteiger partial charge in [0, 0.05) is 10.9 Å². The van der Waals surface area contributed by atoms with Crippen LogP contribution in [-0.2, 0) is 10.0 Å². The molecule has 0 radical (unpaired) electrons. The summed E-state index contributed by atoms with van der Waals surface area (Å²) in [5.74, 6) is -0.147. The van der Waals surface area contributed by atoms with E-state index in [1.807, 2.05) is 0 Å². The van der Waals surface area contributed by atoms with E-state index in [0.717, 1.165) is 11.3 Å². The third kappa shape index (κ3) is 2.17. The summed E-state index contributed by atoms with van der Waals surface area (Å²) in [5, 5.41) is 17.3. The SMILES string of the molecule is NC(=NO)c1csc(S(N)(=O)=O)c1. The van der Waals surface area contributed by atoms with Crippen LogP contribution >= 0.6 is 11.3 Å². The van der Waals surface area contributed by atoms with Crippen molar-refractivity contribution in [3.8, 4) is 0 Å². The lowest BCUT2D eigenvalue weighted by molar-refractivity contribution is 0.318. The van der Waals surface area contributed by atoms with Crippen molar-refractivity contribution in [2.45, 2.75) is 4.21 Å². The van der Waals surface area contributed by atoms with E-state index in [9.17, 15) is 8.42 Å². The van der Waals surface area contributed by atoms with E-state index in [4.69, 9.17) is 16.1 Å². The highest BCUT2D eigenvalue weighted by Crippen LogP contribution is 2.18. The van der Waals surface area contributed by atoms with Gasteiger partial charge in [-0.3, -0.25) is 0 Å². The molecule has 72 valence electrons. The number of rotatable bonds is 2. The maximum Gasteiger partial charge on any atom is 0.247 e. The van der Waals surface area contributed by atoms with E-state index in [0.29, 0.717) is 5.56 Å². The van der Waals surface area contributed by atoms with E-state index < -0.39 is 10.0 Å². The van der Waals surface area contributed by atoms with Crippen molar-refractivity contribution >= 4 is 27.2 Å². The molecule has 0 bridgehead atoms. The normalized spacial score (nSPS) is 13.2. The van der Waals surface area contributed by atoms with Crippen LogP contribution in [0.15, 0.2) is 20.8 Å². The second-order valence-corrected chi connectivity index (χ2v) is 4.88. The Hall–Kier alpha value is -1.12. The molecule has 1 aromatic heterocycles. The Morgan fingerprint density at radius 3 is 2.62 bits per heavy atom. The second kappa shape index (κ2) is 3.32. The largest absolute Gasteiger partial charge is 0.409 e. The number of nitrogens with two attached hydrogens (primary N) is 2. The van der Waals surface area contributed by atoms with Crippen LogP contribution in [0.3, 0.4) is 0 Å². The molecule has 0 aliphatic carbocycles. The minimum absolute atomic E-state index is 0.0194. The standard InChI is InChI=1S/C5H7N3O3S2/c6-5(8-9)3-1-4(12-2-3)13(7,10)11/h1-2,9H,(H2,6,8)(H2,7,10,11). The van der Waals surface area contributed by atoms with Crippen molar-refractivity contribution in [2.75, 3.05) is 0 Å².